The van der Waals surface area contributed by atoms with Gasteiger partial charge in [0.05, 0.1) is 0 Å². The highest BCUT2D eigenvalue weighted by Gasteiger charge is 2.11. The van der Waals surface area contributed by atoms with Crippen LogP contribution in [0.3, 0.4) is 0 Å². The highest BCUT2D eigenvalue weighted by Crippen LogP contribution is 2.27. The predicted octanol–water partition coefficient (Wildman–Crippen LogP) is 2.32. The molecule has 0 aliphatic rings. The van der Waals surface area contributed by atoms with Crippen LogP contribution in [0.4, 0.5) is 5.95 Å². The Morgan fingerprint density at radius 3 is 2.43 bits per heavy atom. The summed E-state index contributed by atoms with van der Waals surface area (Å²) in [6.45, 7) is 0. The standard InChI is InChI=1S/C10H10ClN3/c1-14-9(11)8(13-10(14)12)7-5-3-2-4-6-7/h2-6H,1H3,(H2,12,13). The highest BCUT2D eigenvalue weighted by molar-refractivity contribution is 6.32. The molecule has 4 heteroatoms. The van der Waals surface area contributed by atoms with E-state index in [1.807, 2.05) is 30.3 Å². The van der Waals surface area contributed by atoms with Crippen LogP contribution in [0.25, 0.3) is 11.3 Å². The van der Waals surface area contributed by atoms with E-state index < -0.39 is 0 Å². The zero-order chi connectivity index (χ0) is 10.1. The van der Waals surface area contributed by atoms with Crippen LogP contribution < -0.4 is 5.73 Å². The Bertz CT molecular complexity index is 448. The molecular weight excluding hydrogens is 198 g/mol. The van der Waals surface area contributed by atoms with Gasteiger partial charge < -0.3 is 10.3 Å². The number of anilines is 1. The molecule has 0 spiro atoms. The predicted molar refractivity (Wildman–Crippen MR) is 58.1 cm³/mol. The summed E-state index contributed by atoms with van der Waals surface area (Å²) in [5.74, 6) is 0.425. The molecule has 0 atom stereocenters. The molecule has 0 bridgehead atoms. The Balaban J connectivity index is 2.58. The summed E-state index contributed by atoms with van der Waals surface area (Å²) in [7, 11) is 1.79. The van der Waals surface area contributed by atoms with E-state index in [9.17, 15) is 0 Å². The summed E-state index contributed by atoms with van der Waals surface area (Å²) < 4.78 is 1.66. The molecule has 0 amide bonds. The number of rotatable bonds is 1. The topological polar surface area (TPSA) is 43.8 Å². The van der Waals surface area contributed by atoms with Crippen molar-refractivity contribution in [1.82, 2.24) is 9.55 Å². The second-order valence-electron chi connectivity index (χ2n) is 3.03. The van der Waals surface area contributed by atoms with Crippen molar-refractivity contribution in [2.75, 3.05) is 5.73 Å². The van der Waals surface area contributed by atoms with Gasteiger partial charge in [0.25, 0.3) is 0 Å². The third-order valence-electron chi connectivity index (χ3n) is 2.11. The maximum atomic E-state index is 6.07. The number of hydrogen-bond acceptors (Lipinski definition) is 2. The van der Waals surface area contributed by atoms with Gasteiger partial charge in [-0.15, -0.1) is 0 Å². The van der Waals surface area contributed by atoms with Crippen molar-refractivity contribution in [3.63, 3.8) is 0 Å². The second kappa shape index (κ2) is 3.35. The first-order chi connectivity index (χ1) is 6.70. The number of hydrogen-bond donors (Lipinski definition) is 1. The van der Waals surface area contributed by atoms with Gasteiger partial charge in [0.2, 0.25) is 5.95 Å². The highest BCUT2D eigenvalue weighted by atomic mass is 35.5. The van der Waals surface area contributed by atoms with E-state index >= 15 is 0 Å². The van der Waals surface area contributed by atoms with Gasteiger partial charge in [-0.05, 0) is 0 Å². The largest absolute Gasteiger partial charge is 0.369 e. The summed E-state index contributed by atoms with van der Waals surface area (Å²) in [4.78, 5) is 4.19. The lowest BCUT2D eigenvalue weighted by Crippen LogP contribution is -1.96. The normalized spacial score (nSPS) is 10.4. The molecule has 14 heavy (non-hydrogen) atoms. The van der Waals surface area contributed by atoms with Crippen LogP contribution in [0.2, 0.25) is 5.15 Å². The van der Waals surface area contributed by atoms with Gasteiger partial charge in [-0.3, -0.25) is 0 Å². The number of nitrogens with two attached hydrogens (primary N) is 1. The first kappa shape index (κ1) is 9.09. The zero-order valence-electron chi connectivity index (χ0n) is 7.74. The molecule has 1 aromatic heterocycles. The Morgan fingerprint density at radius 2 is 1.93 bits per heavy atom. The van der Waals surface area contributed by atoms with Crippen LogP contribution in [-0.4, -0.2) is 9.55 Å². The molecule has 2 aromatic rings. The monoisotopic (exact) mass is 207 g/mol. The fourth-order valence-corrected chi connectivity index (χ4v) is 1.51. The van der Waals surface area contributed by atoms with Crippen molar-refractivity contribution in [1.29, 1.82) is 0 Å². The lowest BCUT2D eigenvalue weighted by Gasteiger charge is -1.97. The quantitative estimate of drug-likeness (QED) is 0.780. The second-order valence-corrected chi connectivity index (χ2v) is 3.39. The van der Waals surface area contributed by atoms with E-state index in [2.05, 4.69) is 4.98 Å². The molecule has 0 radical (unpaired) electrons. The summed E-state index contributed by atoms with van der Waals surface area (Å²) in [5.41, 5.74) is 7.35. The molecule has 72 valence electrons. The summed E-state index contributed by atoms with van der Waals surface area (Å²) in [5, 5.41) is 0.564. The summed E-state index contributed by atoms with van der Waals surface area (Å²) >= 11 is 6.07. The van der Waals surface area contributed by atoms with Crippen LogP contribution in [0.1, 0.15) is 0 Å². The van der Waals surface area contributed by atoms with E-state index in [-0.39, 0.29) is 0 Å². The van der Waals surface area contributed by atoms with Crippen molar-refractivity contribution in [3.05, 3.63) is 35.5 Å². The number of halogens is 1. The molecule has 0 saturated heterocycles. The molecule has 2 N–H and O–H groups in total. The average molecular weight is 208 g/mol. The maximum absolute atomic E-state index is 6.07. The minimum Gasteiger partial charge on any atom is -0.369 e. The third-order valence-corrected chi connectivity index (χ3v) is 2.54. The first-order valence-corrected chi connectivity index (χ1v) is 4.61. The molecule has 2 rings (SSSR count). The van der Waals surface area contributed by atoms with Crippen LogP contribution in [0, 0.1) is 0 Å². The number of aromatic nitrogens is 2. The van der Waals surface area contributed by atoms with Gasteiger partial charge >= 0.3 is 0 Å². The van der Waals surface area contributed by atoms with E-state index in [4.69, 9.17) is 17.3 Å². The fraction of sp³-hybridized carbons (Fsp3) is 0.100. The Kier molecular flexibility index (Phi) is 2.17. The average Bonchev–Trinajstić information content (AvgIpc) is 2.47. The van der Waals surface area contributed by atoms with Gasteiger partial charge in [-0.25, -0.2) is 4.98 Å². The number of benzene rings is 1. The minimum absolute atomic E-state index is 0.425. The molecule has 0 fully saturated rings. The number of nitrogens with zero attached hydrogens (tertiary/aromatic N) is 2. The number of imidazole rings is 1. The molecule has 1 aromatic carbocycles. The molecule has 1 heterocycles. The fourth-order valence-electron chi connectivity index (χ4n) is 1.27. The van der Waals surface area contributed by atoms with E-state index in [1.54, 1.807) is 11.6 Å². The van der Waals surface area contributed by atoms with Gasteiger partial charge in [-0.2, -0.15) is 0 Å². The Labute approximate surface area is 87.1 Å². The van der Waals surface area contributed by atoms with Gasteiger partial charge in [0.15, 0.2) is 0 Å². The van der Waals surface area contributed by atoms with Gasteiger partial charge in [0, 0.05) is 12.6 Å². The van der Waals surface area contributed by atoms with E-state index in [0.29, 0.717) is 11.1 Å². The molecule has 0 unspecified atom stereocenters. The SMILES string of the molecule is Cn1c(N)nc(-c2ccccc2)c1Cl. The van der Waals surface area contributed by atoms with Crippen LogP contribution in [-0.2, 0) is 7.05 Å². The van der Waals surface area contributed by atoms with Gasteiger partial charge in [0.1, 0.15) is 10.8 Å². The smallest absolute Gasteiger partial charge is 0.201 e. The molecule has 3 nitrogen and oxygen atoms in total. The zero-order valence-corrected chi connectivity index (χ0v) is 8.49. The molecular formula is C10H10ClN3. The molecule has 0 aliphatic carbocycles. The van der Waals surface area contributed by atoms with Gasteiger partial charge in [-0.1, -0.05) is 41.9 Å². The van der Waals surface area contributed by atoms with Crippen molar-refractivity contribution in [2.45, 2.75) is 0 Å². The molecule has 0 saturated carbocycles. The van der Waals surface area contributed by atoms with Crippen LogP contribution >= 0.6 is 11.6 Å². The lowest BCUT2D eigenvalue weighted by molar-refractivity contribution is 0.931. The van der Waals surface area contributed by atoms with E-state index in [1.165, 1.54) is 0 Å². The van der Waals surface area contributed by atoms with Crippen molar-refractivity contribution < 1.29 is 0 Å². The summed E-state index contributed by atoms with van der Waals surface area (Å²) in [6.07, 6.45) is 0. The molecule has 0 aliphatic heterocycles. The maximum Gasteiger partial charge on any atom is 0.201 e. The summed E-state index contributed by atoms with van der Waals surface area (Å²) in [6, 6.07) is 9.73. The van der Waals surface area contributed by atoms with Crippen molar-refractivity contribution >= 4 is 17.5 Å². The van der Waals surface area contributed by atoms with E-state index in [0.717, 1.165) is 11.3 Å². The minimum atomic E-state index is 0.425. The van der Waals surface area contributed by atoms with Crippen LogP contribution in [0.5, 0.6) is 0 Å². The van der Waals surface area contributed by atoms with Crippen LogP contribution in [0.15, 0.2) is 30.3 Å². The first-order valence-electron chi connectivity index (χ1n) is 4.23. The Morgan fingerprint density at radius 1 is 1.29 bits per heavy atom. The Hall–Kier alpha value is -1.48. The third kappa shape index (κ3) is 1.36. The lowest BCUT2D eigenvalue weighted by atomic mass is 10.2. The van der Waals surface area contributed by atoms with Crippen molar-refractivity contribution in [2.24, 2.45) is 7.05 Å². The van der Waals surface area contributed by atoms with Crippen molar-refractivity contribution in [3.8, 4) is 11.3 Å². The number of nitrogen functional groups attached to an aromatic ring is 1.